The fourth-order valence-electron chi connectivity index (χ4n) is 4.56. The van der Waals surface area contributed by atoms with Crippen LogP contribution >= 0.6 is 22.9 Å². The first kappa shape index (κ1) is 30.2. The Balaban J connectivity index is 1.59. The number of thiophene rings is 1. The molecule has 0 spiro atoms. The van der Waals surface area contributed by atoms with Crippen molar-refractivity contribution >= 4 is 52.0 Å². The van der Waals surface area contributed by atoms with Crippen LogP contribution in [0.1, 0.15) is 34.5 Å². The fraction of sp³-hybridized carbons (Fsp3) is 0.480. The van der Waals surface area contributed by atoms with Gasteiger partial charge in [0.2, 0.25) is 5.91 Å². The number of carbonyl (C=O) groups is 3. The zero-order chi connectivity index (χ0) is 29.0. The van der Waals surface area contributed by atoms with Gasteiger partial charge in [-0.05, 0) is 43.2 Å². The van der Waals surface area contributed by atoms with E-state index in [9.17, 15) is 36.3 Å². The summed E-state index contributed by atoms with van der Waals surface area (Å²) in [5.41, 5.74) is -1.77. The van der Waals surface area contributed by atoms with Crippen molar-refractivity contribution in [2.24, 2.45) is 0 Å². The first-order chi connectivity index (χ1) is 18.9. The SMILES string of the molecule is O=C(NC[C@@H](C(=O)Nc1ccc(N2CCOCC2=O)c(C(F)(F)F)c1)N(CC(F)F)C1CCC1)c1ccc(Cl)s1. The number of hydrogen-bond donors (Lipinski definition) is 2. The average Bonchev–Trinajstić information content (AvgIpc) is 3.29. The molecule has 1 aliphatic carbocycles. The highest BCUT2D eigenvalue weighted by molar-refractivity contribution is 7.18. The van der Waals surface area contributed by atoms with Crippen LogP contribution in [0.4, 0.5) is 33.3 Å². The number of ether oxygens (including phenoxy) is 1. The smallest absolute Gasteiger partial charge is 0.370 e. The molecular weight excluding hydrogens is 583 g/mol. The Hall–Kier alpha value is -2.81. The normalized spacial score (nSPS) is 17.2. The van der Waals surface area contributed by atoms with Gasteiger partial charge < -0.3 is 20.3 Å². The molecule has 8 nitrogen and oxygen atoms in total. The Kier molecular flexibility index (Phi) is 9.64. The van der Waals surface area contributed by atoms with E-state index in [0.29, 0.717) is 23.2 Å². The maximum atomic E-state index is 14.0. The molecular formula is C25H26ClF5N4O4S. The average molecular weight is 609 g/mol. The third kappa shape index (κ3) is 7.28. The number of amides is 3. The van der Waals surface area contributed by atoms with Crippen molar-refractivity contribution in [1.29, 1.82) is 0 Å². The van der Waals surface area contributed by atoms with Crippen LogP contribution in [0.25, 0.3) is 0 Å². The number of hydrogen-bond acceptors (Lipinski definition) is 6. The molecule has 40 heavy (non-hydrogen) atoms. The fourth-order valence-corrected chi connectivity index (χ4v) is 5.52. The van der Waals surface area contributed by atoms with E-state index in [0.717, 1.165) is 28.7 Å². The van der Waals surface area contributed by atoms with E-state index in [1.165, 1.54) is 23.1 Å². The Morgan fingerprint density at radius 2 is 1.95 bits per heavy atom. The lowest BCUT2D eigenvalue weighted by atomic mass is 9.90. The van der Waals surface area contributed by atoms with Crippen LogP contribution in [0, 0.1) is 0 Å². The molecule has 2 heterocycles. The number of alkyl halides is 5. The number of anilines is 2. The lowest BCUT2D eigenvalue weighted by Crippen LogP contribution is -2.57. The molecule has 2 aromatic rings. The van der Waals surface area contributed by atoms with Gasteiger partial charge in [-0.3, -0.25) is 19.3 Å². The number of nitrogens with zero attached hydrogens (tertiary/aromatic N) is 2. The van der Waals surface area contributed by atoms with Gasteiger partial charge in [-0.2, -0.15) is 13.2 Å². The summed E-state index contributed by atoms with van der Waals surface area (Å²) in [5, 5.41) is 4.95. The monoisotopic (exact) mass is 608 g/mol. The summed E-state index contributed by atoms with van der Waals surface area (Å²) in [6.07, 6.45) is -5.76. The molecule has 15 heteroatoms. The van der Waals surface area contributed by atoms with E-state index < -0.39 is 48.5 Å². The number of benzene rings is 1. The Morgan fingerprint density at radius 3 is 2.52 bits per heavy atom. The summed E-state index contributed by atoms with van der Waals surface area (Å²) in [7, 11) is 0. The topological polar surface area (TPSA) is 91.0 Å². The molecule has 1 aromatic heterocycles. The second-order valence-electron chi connectivity index (χ2n) is 9.32. The van der Waals surface area contributed by atoms with Gasteiger partial charge in [-0.1, -0.05) is 18.0 Å². The molecule has 0 bridgehead atoms. The maximum absolute atomic E-state index is 14.0. The minimum Gasteiger partial charge on any atom is -0.370 e. The van der Waals surface area contributed by atoms with Gasteiger partial charge in [0.15, 0.2) is 0 Å². The zero-order valence-corrected chi connectivity index (χ0v) is 22.6. The third-order valence-electron chi connectivity index (χ3n) is 6.69. The highest BCUT2D eigenvalue weighted by Crippen LogP contribution is 2.39. The van der Waals surface area contributed by atoms with Crippen LogP contribution in [-0.2, 0) is 20.5 Å². The Labute approximate surface area is 235 Å². The first-order valence-electron chi connectivity index (χ1n) is 12.4. The van der Waals surface area contributed by atoms with Crippen LogP contribution in [0.3, 0.4) is 0 Å². The van der Waals surface area contributed by atoms with Gasteiger partial charge in [-0.15, -0.1) is 11.3 Å². The van der Waals surface area contributed by atoms with Gasteiger partial charge in [0.1, 0.15) is 12.6 Å². The number of halogens is 6. The van der Waals surface area contributed by atoms with Crippen LogP contribution in [0.15, 0.2) is 30.3 Å². The highest BCUT2D eigenvalue weighted by atomic mass is 35.5. The summed E-state index contributed by atoms with van der Waals surface area (Å²) in [4.78, 5) is 40.7. The molecule has 2 aliphatic rings. The summed E-state index contributed by atoms with van der Waals surface area (Å²) >= 11 is 6.87. The number of rotatable bonds is 10. The van der Waals surface area contributed by atoms with Crippen LogP contribution < -0.4 is 15.5 Å². The van der Waals surface area contributed by atoms with Crippen molar-refractivity contribution in [1.82, 2.24) is 10.2 Å². The van der Waals surface area contributed by atoms with Gasteiger partial charge in [0, 0.05) is 24.8 Å². The van der Waals surface area contributed by atoms with Gasteiger partial charge >= 0.3 is 6.18 Å². The predicted octanol–water partition coefficient (Wildman–Crippen LogP) is 4.64. The second-order valence-corrected chi connectivity index (χ2v) is 11.0. The van der Waals surface area contributed by atoms with Crippen molar-refractivity contribution in [3.63, 3.8) is 0 Å². The lowest BCUT2D eigenvalue weighted by Gasteiger charge is -2.41. The van der Waals surface area contributed by atoms with Crippen LogP contribution in [0.5, 0.6) is 0 Å². The molecule has 2 N–H and O–H groups in total. The van der Waals surface area contributed by atoms with Gasteiger partial charge in [-0.25, -0.2) is 8.78 Å². The Bertz CT molecular complexity index is 1240. The molecule has 2 fully saturated rings. The van der Waals surface area contributed by atoms with Gasteiger partial charge in [0.25, 0.3) is 18.2 Å². The van der Waals surface area contributed by atoms with Crippen LogP contribution in [-0.4, -0.2) is 74.0 Å². The molecule has 4 rings (SSSR count). The summed E-state index contributed by atoms with van der Waals surface area (Å²) in [6, 6.07) is 4.30. The minimum atomic E-state index is -4.86. The first-order valence-corrected chi connectivity index (χ1v) is 13.6. The van der Waals surface area contributed by atoms with E-state index in [1.54, 1.807) is 0 Å². The van der Waals surface area contributed by atoms with E-state index in [4.69, 9.17) is 16.3 Å². The molecule has 0 radical (unpaired) electrons. The van der Waals surface area contributed by atoms with Crippen molar-refractivity contribution in [2.45, 2.75) is 43.9 Å². The van der Waals surface area contributed by atoms with Crippen molar-refractivity contribution in [2.75, 3.05) is 43.1 Å². The number of morpholine rings is 1. The van der Waals surface area contributed by atoms with Gasteiger partial charge in [0.05, 0.1) is 33.6 Å². The van der Waals surface area contributed by atoms with E-state index in [2.05, 4.69) is 10.6 Å². The standard InChI is InChI=1S/C25H26ClF5N4O4S/c26-20-7-6-19(40-20)24(38)32-11-18(35(12-21(27)28)15-2-1-3-15)23(37)33-14-4-5-17(16(10-14)25(29,30)31)34-8-9-39-13-22(34)36/h4-7,10,15,18,21H,1-3,8-9,11-13H2,(H,32,38)(H,33,37)/t18-/m0/s1. The predicted molar refractivity (Wildman–Crippen MR) is 139 cm³/mol. The molecule has 1 saturated carbocycles. The highest BCUT2D eigenvalue weighted by Gasteiger charge is 2.39. The van der Waals surface area contributed by atoms with Crippen molar-refractivity contribution in [3.8, 4) is 0 Å². The largest absolute Gasteiger partial charge is 0.418 e. The zero-order valence-electron chi connectivity index (χ0n) is 21.0. The molecule has 1 aliphatic heterocycles. The number of nitrogens with one attached hydrogen (secondary N) is 2. The van der Waals surface area contributed by atoms with E-state index in [1.807, 2.05) is 0 Å². The molecule has 3 amide bonds. The third-order valence-corrected chi connectivity index (χ3v) is 7.92. The van der Waals surface area contributed by atoms with E-state index >= 15 is 0 Å². The molecule has 1 saturated heterocycles. The van der Waals surface area contributed by atoms with Crippen LogP contribution in [0.2, 0.25) is 4.34 Å². The quantitative estimate of drug-likeness (QED) is 0.384. The minimum absolute atomic E-state index is 0.0632. The molecule has 0 unspecified atom stereocenters. The second kappa shape index (κ2) is 12.8. The van der Waals surface area contributed by atoms with Crippen molar-refractivity contribution < 1.29 is 41.1 Å². The molecule has 218 valence electrons. The molecule has 1 atom stereocenters. The lowest BCUT2D eigenvalue weighted by molar-refractivity contribution is -0.137. The maximum Gasteiger partial charge on any atom is 0.418 e. The Morgan fingerprint density at radius 1 is 1.20 bits per heavy atom. The number of carbonyl (C=O) groups excluding carboxylic acids is 3. The summed E-state index contributed by atoms with van der Waals surface area (Å²) in [5.74, 6) is -2.07. The summed E-state index contributed by atoms with van der Waals surface area (Å²) in [6.45, 7) is -1.49. The molecule has 1 aromatic carbocycles. The van der Waals surface area contributed by atoms with Crippen molar-refractivity contribution in [3.05, 3.63) is 45.1 Å². The van der Waals surface area contributed by atoms with E-state index in [-0.39, 0.29) is 48.6 Å². The summed E-state index contributed by atoms with van der Waals surface area (Å²) < 4.78 is 74.3.